The van der Waals surface area contributed by atoms with Gasteiger partial charge in [-0.05, 0) is 36.4 Å². The van der Waals surface area contributed by atoms with Crippen LogP contribution < -0.4 is 14.2 Å². The summed E-state index contributed by atoms with van der Waals surface area (Å²) in [6.45, 7) is 5.49. The van der Waals surface area contributed by atoms with Gasteiger partial charge in [-0.25, -0.2) is 0 Å². The Morgan fingerprint density at radius 2 is 1.64 bits per heavy atom. The molecule has 0 aliphatic carbocycles. The van der Waals surface area contributed by atoms with Gasteiger partial charge in [-0.15, -0.1) is 0 Å². The number of nitrogens with zero attached hydrogens (tertiary/aromatic N) is 1. The standard InChI is InChI=1S/C29H34NO6/c31-24(20-33-21-27-22-34-28-11-4-5-12-29(28)36-27)19-30(13-15-32-16-14-30)18-23-7-6-10-26(17-23)35-25-8-2-1-3-9-25/h1-12,17,24,27,31H,13-16,18-22H2/q+1/t24-,27-/m1/s1. The summed E-state index contributed by atoms with van der Waals surface area (Å²) in [6, 6.07) is 25.6. The number of ether oxygens (including phenoxy) is 5. The third-order valence-corrected chi connectivity index (χ3v) is 6.59. The van der Waals surface area contributed by atoms with E-state index in [-0.39, 0.29) is 12.7 Å². The second-order valence-electron chi connectivity index (χ2n) is 9.49. The molecular formula is C29H34NO6+. The van der Waals surface area contributed by atoms with Crippen LogP contribution >= 0.6 is 0 Å². The number of aliphatic hydroxyl groups excluding tert-OH is 1. The van der Waals surface area contributed by atoms with Gasteiger partial charge in [-0.1, -0.05) is 42.5 Å². The van der Waals surface area contributed by atoms with Crippen LogP contribution in [0.15, 0.2) is 78.9 Å². The number of hydrogen-bond acceptors (Lipinski definition) is 6. The Bertz CT molecular complexity index is 1100. The van der Waals surface area contributed by atoms with Gasteiger partial charge < -0.3 is 33.3 Å². The summed E-state index contributed by atoms with van der Waals surface area (Å²) < 4.78 is 30.0. The van der Waals surface area contributed by atoms with Gasteiger partial charge in [0.1, 0.15) is 50.4 Å². The van der Waals surface area contributed by atoms with Crippen LogP contribution in [-0.4, -0.2) is 74.5 Å². The number of para-hydroxylation sites is 3. The summed E-state index contributed by atoms with van der Waals surface area (Å²) in [5.41, 5.74) is 1.17. The van der Waals surface area contributed by atoms with Crippen molar-refractivity contribution in [2.75, 3.05) is 52.7 Å². The zero-order valence-electron chi connectivity index (χ0n) is 20.5. The molecule has 0 bridgehead atoms. The molecule has 3 aromatic rings. The highest BCUT2D eigenvalue weighted by Crippen LogP contribution is 2.31. The molecule has 0 aromatic heterocycles. The van der Waals surface area contributed by atoms with Gasteiger partial charge in [0.25, 0.3) is 0 Å². The van der Waals surface area contributed by atoms with Crippen molar-refractivity contribution in [1.82, 2.24) is 0 Å². The first-order valence-electron chi connectivity index (χ1n) is 12.6. The van der Waals surface area contributed by atoms with Crippen LogP contribution in [0.3, 0.4) is 0 Å². The van der Waals surface area contributed by atoms with Gasteiger partial charge in [-0.3, -0.25) is 0 Å². The maximum Gasteiger partial charge on any atom is 0.161 e. The van der Waals surface area contributed by atoms with E-state index in [1.807, 2.05) is 66.7 Å². The molecule has 7 nitrogen and oxygen atoms in total. The van der Waals surface area contributed by atoms with Crippen LogP contribution in [0, 0.1) is 0 Å². The van der Waals surface area contributed by atoms with Crippen LogP contribution in [0.5, 0.6) is 23.0 Å². The van der Waals surface area contributed by atoms with Gasteiger partial charge in [0.15, 0.2) is 17.6 Å². The third kappa shape index (κ3) is 6.56. The Morgan fingerprint density at radius 3 is 2.47 bits per heavy atom. The highest BCUT2D eigenvalue weighted by molar-refractivity contribution is 5.40. The molecule has 0 saturated carbocycles. The average molecular weight is 493 g/mol. The molecule has 5 rings (SSSR count). The van der Waals surface area contributed by atoms with Crippen LogP contribution in [0.1, 0.15) is 5.56 Å². The smallest absolute Gasteiger partial charge is 0.161 e. The zero-order valence-corrected chi connectivity index (χ0v) is 20.5. The van der Waals surface area contributed by atoms with E-state index in [4.69, 9.17) is 23.7 Å². The third-order valence-electron chi connectivity index (χ3n) is 6.59. The molecule has 7 heteroatoms. The van der Waals surface area contributed by atoms with Gasteiger partial charge in [0.05, 0.1) is 26.4 Å². The van der Waals surface area contributed by atoms with Crippen molar-refractivity contribution in [3.05, 3.63) is 84.4 Å². The molecule has 0 unspecified atom stereocenters. The fourth-order valence-electron chi connectivity index (χ4n) is 4.84. The molecule has 0 spiro atoms. The summed E-state index contributed by atoms with van der Waals surface area (Å²) >= 11 is 0. The van der Waals surface area contributed by atoms with E-state index in [2.05, 4.69) is 12.1 Å². The first-order valence-corrected chi connectivity index (χ1v) is 12.6. The lowest BCUT2D eigenvalue weighted by atomic mass is 10.1. The van der Waals surface area contributed by atoms with E-state index in [0.717, 1.165) is 47.1 Å². The molecule has 0 amide bonds. The molecular weight excluding hydrogens is 458 g/mol. The second-order valence-corrected chi connectivity index (χ2v) is 9.49. The number of fused-ring (bicyclic) bond motifs is 1. The normalized spacial score (nSPS) is 19.4. The van der Waals surface area contributed by atoms with Gasteiger partial charge in [0.2, 0.25) is 0 Å². The molecule has 1 saturated heterocycles. The largest absolute Gasteiger partial charge is 0.486 e. The highest BCUT2D eigenvalue weighted by Gasteiger charge is 2.33. The molecule has 190 valence electrons. The molecule has 0 radical (unpaired) electrons. The van der Waals surface area contributed by atoms with E-state index < -0.39 is 6.10 Å². The molecule has 2 aliphatic rings. The van der Waals surface area contributed by atoms with E-state index in [1.54, 1.807) is 0 Å². The Morgan fingerprint density at radius 1 is 0.889 bits per heavy atom. The number of morpholine rings is 1. The monoisotopic (exact) mass is 492 g/mol. The van der Waals surface area contributed by atoms with Crippen molar-refractivity contribution < 1.29 is 33.3 Å². The van der Waals surface area contributed by atoms with Crippen molar-refractivity contribution in [2.45, 2.75) is 18.8 Å². The molecule has 2 aliphatic heterocycles. The first kappa shape index (κ1) is 24.6. The van der Waals surface area contributed by atoms with Crippen molar-refractivity contribution in [3.63, 3.8) is 0 Å². The Labute approximate surface area is 212 Å². The molecule has 1 N–H and O–H groups in total. The molecule has 3 aromatic carbocycles. The van der Waals surface area contributed by atoms with Crippen molar-refractivity contribution >= 4 is 0 Å². The second kappa shape index (κ2) is 11.8. The Kier molecular flexibility index (Phi) is 8.03. The maximum atomic E-state index is 10.9. The summed E-state index contributed by atoms with van der Waals surface area (Å²) in [4.78, 5) is 0. The Hall–Kier alpha value is -3.10. The maximum absolute atomic E-state index is 10.9. The van der Waals surface area contributed by atoms with Crippen molar-refractivity contribution in [2.24, 2.45) is 0 Å². The lowest BCUT2D eigenvalue weighted by Gasteiger charge is -2.42. The van der Waals surface area contributed by atoms with E-state index in [1.165, 1.54) is 5.56 Å². The van der Waals surface area contributed by atoms with Gasteiger partial charge in [0, 0.05) is 5.56 Å². The number of hydrogen-bond donors (Lipinski definition) is 1. The average Bonchev–Trinajstić information content (AvgIpc) is 2.90. The summed E-state index contributed by atoms with van der Waals surface area (Å²) in [6.07, 6.45) is -0.783. The lowest BCUT2D eigenvalue weighted by Crippen LogP contribution is -2.58. The summed E-state index contributed by atoms with van der Waals surface area (Å²) in [7, 11) is 0. The minimum absolute atomic E-state index is 0.189. The van der Waals surface area contributed by atoms with Crippen LogP contribution in [0.4, 0.5) is 0 Å². The van der Waals surface area contributed by atoms with Crippen molar-refractivity contribution in [3.8, 4) is 23.0 Å². The van der Waals surface area contributed by atoms with E-state index >= 15 is 0 Å². The summed E-state index contributed by atoms with van der Waals surface area (Å²) in [5.74, 6) is 3.11. The highest BCUT2D eigenvalue weighted by atomic mass is 16.6. The Balaban J connectivity index is 1.16. The molecule has 36 heavy (non-hydrogen) atoms. The number of aliphatic hydroxyl groups is 1. The van der Waals surface area contributed by atoms with Crippen LogP contribution in [0.2, 0.25) is 0 Å². The minimum Gasteiger partial charge on any atom is -0.486 e. The fourth-order valence-corrected chi connectivity index (χ4v) is 4.84. The molecule has 2 atom stereocenters. The summed E-state index contributed by atoms with van der Waals surface area (Å²) in [5, 5.41) is 10.9. The fraction of sp³-hybridized carbons (Fsp3) is 0.379. The topological polar surface area (TPSA) is 66.4 Å². The van der Waals surface area contributed by atoms with E-state index in [0.29, 0.717) is 33.0 Å². The number of benzene rings is 3. The SMILES string of the molecule is O[C@@H](COC[C@@H]1COc2ccccc2O1)C[N+]1(Cc2cccc(Oc3ccccc3)c2)CCOCC1. The van der Waals surface area contributed by atoms with Crippen molar-refractivity contribution in [1.29, 1.82) is 0 Å². The van der Waals surface area contributed by atoms with Gasteiger partial charge >= 0.3 is 0 Å². The first-order chi connectivity index (χ1) is 17.7. The quantitative estimate of drug-likeness (QED) is 0.431. The van der Waals surface area contributed by atoms with Gasteiger partial charge in [-0.2, -0.15) is 0 Å². The number of rotatable bonds is 10. The number of quaternary nitrogens is 1. The van der Waals surface area contributed by atoms with Crippen LogP contribution in [-0.2, 0) is 16.0 Å². The predicted octanol–water partition coefficient (Wildman–Crippen LogP) is 4.04. The minimum atomic E-state index is -0.594. The molecule has 1 fully saturated rings. The molecule has 2 heterocycles. The van der Waals surface area contributed by atoms with Crippen LogP contribution in [0.25, 0.3) is 0 Å². The predicted molar refractivity (Wildman–Crippen MR) is 136 cm³/mol. The zero-order chi connectivity index (χ0) is 24.6. The lowest BCUT2D eigenvalue weighted by molar-refractivity contribution is -0.950. The van der Waals surface area contributed by atoms with E-state index in [9.17, 15) is 5.11 Å².